The summed E-state index contributed by atoms with van der Waals surface area (Å²) in [6.07, 6.45) is 1.29. The minimum Gasteiger partial charge on any atom is -0.456 e. The second-order valence-electron chi connectivity index (χ2n) is 7.89. The molecule has 0 fully saturated rings. The summed E-state index contributed by atoms with van der Waals surface area (Å²) in [5.74, 6) is 1.31. The van der Waals surface area contributed by atoms with Gasteiger partial charge >= 0.3 is 0 Å². The molecule has 0 radical (unpaired) electrons. The van der Waals surface area contributed by atoms with Gasteiger partial charge in [0.15, 0.2) is 10.9 Å². The monoisotopic (exact) mass is 553 g/mol. The number of nitrogens with zero attached hydrogens (tertiary/aromatic N) is 4. The molecule has 0 aliphatic carbocycles. The lowest BCUT2D eigenvalue weighted by atomic mass is 10.1. The maximum absolute atomic E-state index is 13.2. The molecule has 9 nitrogen and oxygen atoms in total. The van der Waals surface area contributed by atoms with Gasteiger partial charge in [-0.3, -0.25) is 20.2 Å². The van der Waals surface area contributed by atoms with Gasteiger partial charge in [-0.25, -0.2) is 10.0 Å². The number of hydrogen-bond donors (Lipinski definition) is 1. The minimum absolute atomic E-state index is 0.0542. The highest BCUT2D eigenvalue weighted by Gasteiger charge is 2.36. The van der Waals surface area contributed by atoms with Crippen LogP contribution in [0.2, 0.25) is 0 Å². The van der Waals surface area contributed by atoms with Gasteiger partial charge < -0.3 is 4.42 Å². The molecule has 2 aliphatic heterocycles. The van der Waals surface area contributed by atoms with E-state index >= 15 is 0 Å². The fourth-order valence-corrected chi connectivity index (χ4v) is 5.19. The Morgan fingerprint density at radius 1 is 1.23 bits per heavy atom. The average molecular weight is 554 g/mol. The Bertz CT molecular complexity index is 1490. The lowest BCUT2D eigenvalue weighted by Gasteiger charge is -2.32. The standard InChI is InChI=1S/C24H20BrN5O4S/c1-2-3-12-35-24-27-23(31)21-16-13-14(25)8-9-17(16)26-22(29(21)28-24)20-11-10-19(34-20)15-6-4-5-7-18(15)30(32)33/h4-11,13,22H,2-3,12H2,1H3,(H,27,28,31). The van der Waals surface area contributed by atoms with Gasteiger partial charge in [0.1, 0.15) is 11.5 Å². The molecule has 1 atom stereocenters. The predicted octanol–water partition coefficient (Wildman–Crippen LogP) is 4.29. The molecule has 178 valence electrons. The highest BCUT2D eigenvalue weighted by atomic mass is 79.9. The summed E-state index contributed by atoms with van der Waals surface area (Å²) in [6.45, 7) is 2.10. The quantitative estimate of drug-likeness (QED) is 0.276. The Balaban J connectivity index is 1.62. The van der Waals surface area contributed by atoms with Crippen molar-refractivity contribution in [1.82, 2.24) is 10.3 Å². The van der Waals surface area contributed by atoms with Crippen LogP contribution in [0.15, 0.2) is 73.6 Å². The maximum Gasteiger partial charge on any atom is 0.280 e. The molecule has 0 bridgehead atoms. The Morgan fingerprint density at radius 2 is 2.06 bits per heavy atom. The van der Waals surface area contributed by atoms with Crippen molar-refractivity contribution in [2.45, 2.75) is 25.9 Å². The van der Waals surface area contributed by atoms with Gasteiger partial charge in [-0.05, 0) is 42.8 Å². The summed E-state index contributed by atoms with van der Waals surface area (Å²) in [7, 11) is 0. The number of furan rings is 1. The molecule has 1 amide bonds. The van der Waals surface area contributed by atoms with E-state index in [1.54, 1.807) is 35.3 Å². The summed E-state index contributed by atoms with van der Waals surface area (Å²) in [4.78, 5) is 29.1. The van der Waals surface area contributed by atoms with Crippen LogP contribution >= 0.6 is 27.7 Å². The molecule has 35 heavy (non-hydrogen) atoms. The first-order valence-electron chi connectivity index (χ1n) is 11.0. The molecule has 5 rings (SSSR count). The molecular formula is C24H20BrN5O4S. The van der Waals surface area contributed by atoms with Gasteiger partial charge in [0.05, 0.1) is 15.8 Å². The van der Waals surface area contributed by atoms with Crippen LogP contribution in [-0.2, 0) is 4.79 Å². The topological polar surface area (TPSA) is 113 Å². The number of amidine groups is 1. The minimum atomic E-state index is -0.747. The molecule has 3 aromatic rings. The molecule has 0 saturated heterocycles. The van der Waals surface area contributed by atoms with Gasteiger partial charge in [0.2, 0.25) is 6.17 Å². The number of benzene rings is 2. The Labute approximate surface area is 212 Å². The average Bonchev–Trinajstić information content (AvgIpc) is 3.33. The number of rotatable bonds is 6. The lowest BCUT2D eigenvalue weighted by Crippen LogP contribution is -2.50. The van der Waals surface area contributed by atoms with E-state index in [1.807, 2.05) is 18.2 Å². The third kappa shape index (κ3) is 4.48. The van der Waals surface area contributed by atoms with E-state index in [0.717, 1.165) is 23.1 Å². The van der Waals surface area contributed by atoms with Crippen LogP contribution in [0.5, 0.6) is 0 Å². The molecule has 0 saturated carbocycles. The lowest BCUT2D eigenvalue weighted by molar-refractivity contribution is -0.384. The van der Waals surface area contributed by atoms with Gasteiger partial charge in [-0.1, -0.05) is 53.2 Å². The SMILES string of the molecule is CCCCSC1=NN2C(=c3cc(Br)ccc3=NC2c2ccc(-c3ccccc3[N+](=O)[O-])o2)C(=O)N1. The van der Waals surface area contributed by atoms with Gasteiger partial charge in [-0.15, -0.1) is 5.10 Å². The molecule has 2 aromatic carbocycles. The normalized spacial score (nSPS) is 16.7. The molecular weight excluding hydrogens is 534 g/mol. The van der Waals surface area contributed by atoms with Crippen LogP contribution in [0, 0.1) is 10.1 Å². The van der Waals surface area contributed by atoms with Crippen molar-refractivity contribution in [2.75, 3.05) is 5.75 Å². The Morgan fingerprint density at radius 3 is 2.86 bits per heavy atom. The van der Waals surface area contributed by atoms with Gasteiger partial charge in [0, 0.05) is 21.5 Å². The fraction of sp³-hybridized carbons (Fsp3) is 0.208. The molecule has 1 unspecified atom stereocenters. The highest BCUT2D eigenvalue weighted by Crippen LogP contribution is 2.36. The van der Waals surface area contributed by atoms with Crippen molar-refractivity contribution >= 4 is 50.2 Å². The van der Waals surface area contributed by atoms with E-state index in [9.17, 15) is 14.9 Å². The molecule has 1 N–H and O–H groups in total. The van der Waals surface area contributed by atoms with E-state index in [4.69, 9.17) is 14.5 Å². The van der Waals surface area contributed by atoms with Crippen molar-refractivity contribution in [3.63, 3.8) is 0 Å². The molecule has 2 aliphatic rings. The van der Waals surface area contributed by atoms with Crippen molar-refractivity contribution in [3.8, 4) is 11.3 Å². The number of nitro benzene ring substituents is 1. The molecule has 0 spiro atoms. The number of nitrogens with one attached hydrogen (secondary N) is 1. The zero-order valence-electron chi connectivity index (χ0n) is 18.6. The summed E-state index contributed by atoms with van der Waals surface area (Å²) in [6, 6.07) is 15.3. The van der Waals surface area contributed by atoms with Crippen molar-refractivity contribution in [2.24, 2.45) is 10.1 Å². The van der Waals surface area contributed by atoms with Crippen LogP contribution in [-0.4, -0.2) is 26.8 Å². The van der Waals surface area contributed by atoms with Gasteiger partial charge in [-0.2, -0.15) is 0 Å². The third-order valence-electron chi connectivity index (χ3n) is 5.55. The summed E-state index contributed by atoms with van der Waals surface area (Å²) < 4.78 is 6.90. The zero-order chi connectivity index (χ0) is 24.5. The van der Waals surface area contributed by atoms with Crippen LogP contribution in [0.25, 0.3) is 17.0 Å². The van der Waals surface area contributed by atoms with E-state index in [1.165, 1.54) is 17.8 Å². The van der Waals surface area contributed by atoms with Crippen LogP contribution < -0.4 is 15.9 Å². The number of carbonyl (C=O) groups excluding carboxylic acids is 1. The van der Waals surface area contributed by atoms with Crippen molar-refractivity contribution in [3.05, 3.63) is 85.5 Å². The Hall–Kier alpha value is -3.44. The maximum atomic E-state index is 13.2. The van der Waals surface area contributed by atoms with Crippen LogP contribution in [0.3, 0.4) is 0 Å². The number of hydrazone groups is 1. The fourth-order valence-electron chi connectivity index (χ4n) is 3.89. The van der Waals surface area contributed by atoms with E-state index in [0.29, 0.717) is 38.5 Å². The van der Waals surface area contributed by atoms with E-state index in [2.05, 4.69) is 28.2 Å². The number of thioether (sulfide) groups is 1. The third-order valence-corrected chi connectivity index (χ3v) is 7.00. The van der Waals surface area contributed by atoms with E-state index in [-0.39, 0.29) is 11.6 Å². The number of amides is 1. The molecule has 3 heterocycles. The first kappa shape index (κ1) is 23.3. The Kier molecular flexibility index (Phi) is 6.44. The van der Waals surface area contributed by atoms with Gasteiger partial charge in [0.25, 0.3) is 11.6 Å². The number of nitro groups is 1. The zero-order valence-corrected chi connectivity index (χ0v) is 21.0. The second-order valence-corrected chi connectivity index (χ2v) is 9.89. The predicted molar refractivity (Wildman–Crippen MR) is 137 cm³/mol. The first-order chi connectivity index (χ1) is 17.0. The smallest absolute Gasteiger partial charge is 0.280 e. The highest BCUT2D eigenvalue weighted by molar-refractivity contribution is 9.10. The van der Waals surface area contributed by atoms with E-state index < -0.39 is 11.1 Å². The number of unbranched alkanes of at least 4 members (excludes halogenated alkanes) is 1. The number of para-hydroxylation sites is 1. The molecule has 11 heteroatoms. The van der Waals surface area contributed by atoms with Crippen LogP contribution in [0.4, 0.5) is 5.69 Å². The summed E-state index contributed by atoms with van der Waals surface area (Å²) in [5.41, 5.74) is 0.676. The second kappa shape index (κ2) is 9.67. The van der Waals surface area contributed by atoms with Crippen LogP contribution in [0.1, 0.15) is 31.7 Å². The summed E-state index contributed by atoms with van der Waals surface area (Å²) in [5, 5.41) is 22.4. The number of fused-ring (bicyclic) bond motifs is 2. The molecule has 1 aromatic heterocycles. The number of halogens is 1. The first-order valence-corrected chi connectivity index (χ1v) is 12.8. The summed E-state index contributed by atoms with van der Waals surface area (Å²) >= 11 is 4.95. The van der Waals surface area contributed by atoms with Crippen molar-refractivity contribution in [1.29, 1.82) is 0 Å². The van der Waals surface area contributed by atoms with Crippen molar-refractivity contribution < 1.29 is 14.1 Å². The largest absolute Gasteiger partial charge is 0.456 e. The number of hydrogen-bond acceptors (Lipinski definition) is 8. The number of carbonyl (C=O) groups is 1.